The summed E-state index contributed by atoms with van der Waals surface area (Å²) >= 11 is 0. The van der Waals surface area contributed by atoms with Crippen LogP contribution in [0.25, 0.3) is 0 Å². The zero-order chi connectivity index (χ0) is 18.4. The van der Waals surface area contributed by atoms with Gasteiger partial charge in [-0.1, -0.05) is 17.7 Å². The molecule has 5 nitrogen and oxygen atoms in total. The van der Waals surface area contributed by atoms with Crippen molar-refractivity contribution >= 4 is 14.5 Å². The van der Waals surface area contributed by atoms with E-state index >= 15 is 0 Å². The Morgan fingerprint density at radius 2 is 1.68 bits per heavy atom. The highest BCUT2D eigenvalue weighted by atomic mass is 28.4. The fraction of sp³-hybridized carbons (Fsp3) is 0.579. The number of hydrogen-bond acceptors (Lipinski definition) is 5. The van der Waals surface area contributed by atoms with E-state index in [-0.39, 0.29) is 0 Å². The predicted molar refractivity (Wildman–Crippen MR) is 105 cm³/mol. The van der Waals surface area contributed by atoms with Crippen LogP contribution in [0, 0.1) is 20.8 Å². The monoisotopic (exact) mass is 364 g/mol. The van der Waals surface area contributed by atoms with Gasteiger partial charge in [0, 0.05) is 51.5 Å². The zero-order valence-electron chi connectivity index (χ0n) is 16.5. The number of rotatable bonds is 9. The number of aryl methyl sites for hydroxylation is 3. The van der Waals surface area contributed by atoms with Crippen molar-refractivity contribution in [3.63, 3.8) is 0 Å². The number of anilines is 1. The first-order chi connectivity index (χ1) is 11.9. The second-order valence-corrected chi connectivity index (χ2v) is 9.57. The van der Waals surface area contributed by atoms with Gasteiger partial charge in [-0.15, -0.1) is 0 Å². The highest BCUT2D eigenvalue weighted by molar-refractivity contribution is 6.60. The van der Waals surface area contributed by atoms with Crippen LogP contribution in [0.1, 0.15) is 30.0 Å². The molecule has 0 N–H and O–H groups in total. The molecule has 0 saturated heterocycles. The molecule has 1 aromatic rings. The molecule has 0 aliphatic carbocycles. The maximum Gasteiger partial charge on any atom is 0.500 e. The SMILES string of the molecule is CCO[Si](CCCN1C=CN(c2c(C)cc(C)cc2C)C1)(OC)OC. The molecule has 25 heavy (non-hydrogen) atoms. The summed E-state index contributed by atoms with van der Waals surface area (Å²) in [5.74, 6) is 0. The number of benzene rings is 1. The molecule has 1 aromatic carbocycles. The molecule has 6 heteroatoms. The van der Waals surface area contributed by atoms with Gasteiger partial charge in [0.15, 0.2) is 0 Å². The van der Waals surface area contributed by atoms with Crippen LogP contribution in [0.5, 0.6) is 0 Å². The van der Waals surface area contributed by atoms with Gasteiger partial charge in [0.25, 0.3) is 0 Å². The second kappa shape index (κ2) is 8.85. The quantitative estimate of drug-likeness (QED) is 0.622. The van der Waals surface area contributed by atoms with Crippen LogP contribution in [-0.2, 0) is 13.3 Å². The van der Waals surface area contributed by atoms with Gasteiger partial charge in [0.1, 0.15) is 0 Å². The normalized spacial score (nSPS) is 14.6. The van der Waals surface area contributed by atoms with E-state index in [4.69, 9.17) is 13.3 Å². The van der Waals surface area contributed by atoms with E-state index in [2.05, 4.69) is 55.1 Å². The Bertz CT molecular complexity index is 579. The summed E-state index contributed by atoms with van der Waals surface area (Å²) in [5, 5.41) is 0. The van der Waals surface area contributed by atoms with E-state index in [1.54, 1.807) is 14.2 Å². The van der Waals surface area contributed by atoms with E-state index in [0.29, 0.717) is 6.61 Å². The molecule has 1 heterocycles. The average molecular weight is 365 g/mol. The van der Waals surface area contributed by atoms with Gasteiger partial charge < -0.3 is 23.1 Å². The van der Waals surface area contributed by atoms with E-state index in [9.17, 15) is 0 Å². The molecule has 0 unspecified atom stereocenters. The second-order valence-electron chi connectivity index (χ2n) is 6.60. The minimum atomic E-state index is -2.48. The first-order valence-electron chi connectivity index (χ1n) is 8.95. The van der Waals surface area contributed by atoms with Crippen molar-refractivity contribution in [2.24, 2.45) is 0 Å². The summed E-state index contributed by atoms with van der Waals surface area (Å²) in [7, 11) is 0.888. The van der Waals surface area contributed by atoms with Crippen LogP contribution in [-0.4, -0.2) is 47.7 Å². The number of nitrogens with zero attached hydrogens (tertiary/aromatic N) is 2. The van der Waals surface area contributed by atoms with Crippen LogP contribution in [0.4, 0.5) is 5.69 Å². The number of hydrogen-bond donors (Lipinski definition) is 0. The zero-order valence-corrected chi connectivity index (χ0v) is 17.5. The van der Waals surface area contributed by atoms with Crippen molar-refractivity contribution in [3.05, 3.63) is 41.2 Å². The highest BCUT2D eigenvalue weighted by Crippen LogP contribution is 2.29. The minimum Gasteiger partial charge on any atom is -0.377 e. The van der Waals surface area contributed by atoms with Gasteiger partial charge in [0.2, 0.25) is 0 Å². The van der Waals surface area contributed by atoms with Gasteiger partial charge in [0.05, 0.1) is 6.67 Å². The Kier molecular flexibility index (Phi) is 7.07. The average Bonchev–Trinajstić information content (AvgIpc) is 3.01. The molecule has 0 amide bonds. The van der Waals surface area contributed by atoms with Crippen molar-refractivity contribution < 1.29 is 13.3 Å². The summed E-state index contributed by atoms with van der Waals surface area (Å²) in [6.45, 7) is 11.0. The summed E-state index contributed by atoms with van der Waals surface area (Å²) in [6, 6.07) is 5.33. The molecule has 140 valence electrons. The lowest BCUT2D eigenvalue weighted by Gasteiger charge is -2.27. The smallest absolute Gasteiger partial charge is 0.377 e. The van der Waals surface area contributed by atoms with E-state index < -0.39 is 8.80 Å². The summed E-state index contributed by atoms with van der Waals surface area (Å²) in [5.41, 5.74) is 5.28. The van der Waals surface area contributed by atoms with Gasteiger partial charge in [-0.2, -0.15) is 0 Å². The molecule has 1 aliphatic rings. The lowest BCUT2D eigenvalue weighted by atomic mass is 10.0. The minimum absolute atomic E-state index is 0.622. The Morgan fingerprint density at radius 1 is 1.04 bits per heavy atom. The summed E-state index contributed by atoms with van der Waals surface area (Å²) < 4.78 is 16.9. The molecule has 0 bridgehead atoms. The third-order valence-corrected chi connectivity index (χ3v) is 7.57. The Labute approximate surface area is 153 Å². The maximum absolute atomic E-state index is 5.77. The van der Waals surface area contributed by atoms with Crippen LogP contribution >= 0.6 is 0 Å². The van der Waals surface area contributed by atoms with E-state index in [0.717, 1.165) is 25.7 Å². The first-order valence-corrected chi connectivity index (χ1v) is 10.9. The van der Waals surface area contributed by atoms with Crippen molar-refractivity contribution in [2.45, 2.75) is 40.2 Å². The lowest BCUT2D eigenvalue weighted by Crippen LogP contribution is -2.44. The van der Waals surface area contributed by atoms with Crippen molar-refractivity contribution in [1.82, 2.24) is 4.90 Å². The molecule has 0 aromatic heterocycles. The lowest BCUT2D eigenvalue weighted by molar-refractivity contribution is 0.103. The van der Waals surface area contributed by atoms with Crippen LogP contribution in [0.15, 0.2) is 24.5 Å². The Morgan fingerprint density at radius 3 is 2.24 bits per heavy atom. The molecule has 0 spiro atoms. The Balaban J connectivity index is 1.91. The third kappa shape index (κ3) is 4.85. The summed E-state index contributed by atoms with van der Waals surface area (Å²) in [4.78, 5) is 4.65. The predicted octanol–water partition coefficient (Wildman–Crippen LogP) is 3.82. The molecule has 1 aliphatic heterocycles. The highest BCUT2D eigenvalue weighted by Gasteiger charge is 2.38. The van der Waals surface area contributed by atoms with E-state index in [1.165, 1.54) is 22.4 Å². The standard InChI is InChI=1S/C19H32N2O3Si/c1-7-24-25(22-5,23-6)12-8-9-20-10-11-21(15-20)19-17(3)13-16(2)14-18(19)4/h10-11,13-14H,7-9,12,15H2,1-6H3. The molecule has 0 radical (unpaired) electrons. The fourth-order valence-corrected chi connectivity index (χ4v) is 5.56. The molecular formula is C19H32N2O3Si. The van der Waals surface area contributed by atoms with Crippen LogP contribution < -0.4 is 4.90 Å². The maximum atomic E-state index is 5.77. The van der Waals surface area contributed by atoms with Gasteiger partial charge in [-0.3, -0.25) is 0 Å². The Hall–Kier alpha value is -1.34. The molecule has 0 saturated carbocycles. The van der Waals surface area contributed by atoms with E-state index in [1.807, 2.05) is 6.92 Å². The van der Waals surface area contributed by atoms with Crippen LogP contribution in [0.2, 0.25) is 6.04 Å². The van der Waals surface area contributed by atoms with Crippen molar-refractivity contribution in [1.29, 1.82) is 0 Å². The third-order valence-electron chi connectivity index (χ3n) is 4.63. The summed E-state index contributed by atoms with van der Waals surface area (Å²) in [6.07, 6.45) is 5.32. The topological polar surface area (TPSA) is 34.2 Å². The van der Waals surface area contributed by atoms with Gasteiger partial charge >= 0.3 is 8.80 Å². The van der Waals surface area contributed by atoms with Crippen LogP contribution in [0.3, 0.4) is 0 Å². The molecule has 0 fully saturated rings. The molecular weight excluding hydrogens is 332 g/mol. The molecule has 0 atom stereocenters. The first kappa shape index (κ1) is 20.0. The van der Waals surface area contributed by atoms with Gasteiger partial charge in [-0.05, 0) is 45.2 Å². The van der Waals surface area contributed by atoms with Crippen molar-refractivity contribution in [3.8, 4) is 0 Å². The van der Waals surface area contributed by atoms with Crippen molar-refractivity contribution in [2.75, 3.05) is 38.9 Å². The van der Waals surface area contributed by atoms with Gasteiger partial charge in [-0.25, -0.2) is 0 Å². The largest absolute Gasteiger partial charge is 0.500 e. The fourth-order valence-electron chi connectivity index (χ4n) is 3.58. The molecule has 2 rings (SSSR count).